The van der Waals surface area contributed by atoms with Crippen LogP contribution in [0.2, 0.25) is 5.02 Å². The monoisotopic (exact) mass is 284 g/mol. The van der Waals surface area contributed by atoms with Gasteiger partial charge < -0.3 is 0 Å². The number of sulfonamides is 1. The number of nitrogens with one attached hydrogen (secondary N) is 1. The Labute approximate surface area is 112 Å². The Morgan fingerprint density at radius 3 is 2.83 bits per heavy atom. The van der Waals surface area contributed by atoms with E-state index in [2.05, 4.69) is 10.8 Å². The Kier molecular flexibility index (Phi) is 3.91. The van der Waals surface area contributed by atoms with Crippen LogP contribution in [0.5, 0.6) is 0 Å². The van der Waals surface area contributed by atoms with Crippen LogP contribution in [0.4, 0.5) is 0 Å². The summed E-state index contributed by atoms with van der Waals surface area (Å²) in [6.45, 7) is 0. The molecule has 0 saturated heterocycles. The normalized spacial score (nSPS) is 23.8. The van der Waals surface area contributed by atoms with Gasteiger partial charge in [0.1, 0.15) is 0 Å². The van der Waals surface area contributed by atoms with E-state index in [4.69, 9.17) is 16.9 Å². The standard InChI is InChI=1S/C12H13ClN2O2S/c13-10-4-2-5-11(7-10)18(16,17)15-12-6-1-3-9(12)8-14/h2,4-5,7,9,12,15H,1,3,6H2. The van der Waals surface area contributed by atoms with E-state index in [-0.39, 0.29) is 16.9 Å². The molecule has 0 bridgehead atoms. The summed E-state index contributed by atoms with van der Waals surface area (Å²) in [5, 5.41) is 9.32. The molecule has 0 aromatic heterocycles. The maximum absolute atomic E-state index is 12.1. The summed E-state index contributed by atoms with van der Waals surface area (Å²) in [5.41, 5.74) is 0. The molecule has 2 unspecified atom stereocenters. The van der Waals surface area contributed by atoms with E-state index < -0.39 is 10.0 Å². The summed E-state index contributed by atoms with van der Waals surface area (Å²) in [6, 6.07) is 7.96. The zero-order chi connectivity index (χ0) is 13.2. The van der Waals surface area contributed by atoms with Crippen molar-refractivity contribution in [3.63, 3.8) is 0 Å². The van der Waals surface area contributed by atoms with Crippen LogP contribution in [-0.4, -0.2) is 14.5 Å². The molecule has 0 heterocycles. The summed E-state index contributed by atoms with van der Waals surface area (Å²) >= 11 is 5.78. The van der Waals surface area contributed by atoms with Crippen LogP contribution in [0.1, 0.15) is 19.3 Å². The fourth-order valence-corrected chi connectivity index (χ4v) is 3.77. The zero-order valence-electron chi connectivity index (χ0n) is 9.64. The van der Waals surface area contributed by atoms with Gasteiger partial charge in [0.25, 0.3) is 0 Å². The Balaban J connectivity index is 2.20. The molecular weight excluding hydrogens is 272 g/mol. The first kappa shape index (κ1) is 13.3. The average molecular weight is 285 g/mol. The Bertz CT molecular complexity index is 580. The van der Waals surface area contributed by atoms with Crippen molar-refractivity contribution < 1.29 is 8.42 Å². The van der Waals surface area contributed by atoms with Crippen LogP contribution in [0.15, 0.2) is 29.2 Å². The van der Waals surface area contributed by atoms with Gasteiger partial charge in [0.15, 0.2) is 0 Å². The first-order chi connectivity index (χ1) is 8.53. The molecule has 1 fully saturated rings. The van der Waals surface area contributed by atoms with Gasteiger partial charge in [-0.3, -0.25) is 0 Å². The second-order valence-corrected chi connectivity index (χ2v) is 6.50. The number of nitrogens with zero attached hydrogens (tertiary/aromatic N) is 1. The lowest BCUT2D eigenvalue weighted by Crippen LogP contribution is -2.36. The second kappa shape index (κ2) is 5.27. The quantitative estimate of drug-likeness (QED) is 0.926. The molecule has 2 atom stereocenters. The van der Waals surface area contributed by atoms with Crippen molar-refractivity contribution in [3.05, 3.63) is 29.3 Å². The highest BCUT2D eigenvalue weighted by Gasteiger charge is 2.31. The first-order valence-electron chi connectivity index (χ1n) is 5.70. The predicted molar refractivity (Wildman–Crippen MR) is 68.5 cm³/mol. The van der Waals surface area contributed by atoms with Crippen molar-refractivity contribution in [1.82, 2.24) is 4.72 Å². The molecule has 2 rings (SSSR count). The summed E-state index contributed by atoms with van der Waals surface area (Å²) in [6.07, 6.45) is 2.33. The SMILES string of the molecule is N#CC1CCCC1NS(=O)(=O)c1cccc(Cl)c1. The molecule has 4 nitrogen and oxygen atoms in total. The van der Waals surface area contributed by atoms with Gasteiger partial charge in [0, 0.05) is 11.1 Å². The van der Waals surface area contributed by atoms with Crippen LogP contribution in [-0.2, 0) is 10.0 Å². The predicted octanol–water partition coefficient (Wildman–Crippen LogP) is 2.31. The third-order valence-corrected chi connectivity index (χ3v) is 4.82. The smallest absolute Gasteiger partial charge is 0.207 e. The van der Waals surface area contributed by atoms with Crippen LogP contribution < -0.4 is 4.72 Å². The number of nitriles is 1. The third-order valence-electron chi connectivity index (χ3n) is 3.09. The number of halogens is 1. The van der Waals surface area contributed by atoms with Gasteiger partial charge in [0.2, 0.25) is 10.0 Å². The number of hydrogen-bond donors (Lipinski definition) is 1. The Hall–Kier alpha value is -1.09. The van der Waals surface area contributed by atoms with E-state index in [1.165, 1.54) is 12.1 Å². The molecule has 6 heteroatoms. The number of hydrogen-bond acceptors (Lipinski definition) is 3. The Morgan fingerprint density at radius 2 is 2.17 bits per heavy atom. The van der Waals surface area contributed by atoms with Crippen molar-refractivity contribution in [2.75, 3.05) is 0 Å². The van der Waals surface area contributed by atoms with Crippen molar-refractivity contribution in [3.8, 4) is 6.07 Å². The molecule has 1 N–H and O–H groups in total. The number of benzene rings is 1. The Morgan fingerprint density at radius 1 is 1.39 bits per heavy atom. The van der Waals surface area contributed by atoms with Crippen LogP contribution in [0.25, 0.3) is 0 Å². The average Bonchev–Trinajstić information content (AvgIpc) is 2.75. The van der Waals surface area contributed by atoms with Gasteiger partial charge in [-0.05, 0) is 31.0 Å². The number of rotatable bonds is 3. The van der Waals surface area contributed by atoms with Crippen LogP contribution in [0.3, 0.4) is 0 Å². The lowest BCUT2D eigenvalue weighted by atomic mass is 10.1. The molecule has 0 spiro atoms. The maximum Gasteiger partial charge on any atom is 0.240 e. The minimum absolute atomic E-state index is 0.138. The summed E-state index contributed by atoms with van der Waals surface area (Å²) in [4.78, 5) is 0.138. The van der Waals surface area contributed by atoms with Gasteiger partial charge in [-0.25, -0.2) is 13.1 Å². The largest absolute Gasteiger partial charge is 0.240 e. The van der Waals surface area contributed by atoms with Crippen molar-refractivity contribution >= 4 is 21.6 Å². The molecule has 1 aliphatic carbocycles. The molecule has 0 radical (unpaired) electrons. The molecule has 1 aliphatic rings. The molecule has 1 saturated carbocycles. The van der Waals surface area contributed by atoms with Gasteiger partial charge in [-0.15, -0.1) is 0 Å². The minimum atomic E-state index is -3.59. The zero-order valence-corrected chi connectivity index (χ0v) is 11.2. The second-order valence-electron chi connectivity index (χ2n) is 4.35. The highest BCUT2D eigenvalue weighted by molar-refractivity contribution is 7.89. The summed E-state index contributed by atoms with van der Waals surface area (Å²) in [7, 11) is -3.59. The van der Waals surface area contributed by atoms with Crippen molar-refractivity contribution in [2.45, 2.75) is 30.2 Å². The fourth-order valence-electron chi connectivity index (χ4n) is 2.16. The summed E-state index contributed by atoms with van der Waals surface area (Å²) in [5.74, 6) is -0.237. The highest BCUT2D eigenvalue weighted by atomic mass is 35.5. The van der Waals surface area contributed by atoms with Crippen molar-refractivity contribution in [1.29, 1.82) is 5.26 Å². The topological polar surface area (TPSA) is 70.0 Å². The first-order valence-corrected chi connectivity index (χ1v) is 7.56. The van der Waals surface area contributed by atoms with Crippen LogP contribution in [0, 0.1) is 17.2 Å². The van der Waals surface area contributed by atoms with E-state index in [1.807, 2.05) is 0 Å². The van der Waals surface area contributed by atoms with Gasteiger partial charge in [0.05, 0.1) is 16.9 Å². The molecule has 0 aliphatic heterocycles. The van der Waals surface area contributed by atoms with Crippen LogP contribution >= 0.6 is 11.6 Å². The molecular formula is C12H13ClN2O2S. The van der Waals surface area contributed by atoms with Gasteiger partial charge in [-0.2, -0.15) is 5.26 Å². The maximum atomic E-state index is 12.1. The molecule has 96 valence electrons. The van der Waals surface area contributed by atoms with E-state index in [1.54, 1.807) is 12.1 Å². The van der Waals surface area contributed by atoms with Gasteiger partial charge >= 0.3 is 0 Å². The highest BCUT2D eigenvalue weighted by Crippen LogP contribution is 2.26. The third kappa shape index (κ3) is 2.83. The lowest BCUT2D eigenvalue weighted by Gasteiger charge is -2.15. The lowest BCUT2D eigenvalue weighted by molar-refractivity contribution is 0.515. The molecule has 0 amide bonds. The molecule has 1 aromatic carbocycles. The van der Waals surface area contributed by atoms with E-state index in [0.717, 1.165) is 12.8 Å². The van der Waals surface area contributed by atoms with Gasteiger partial charge in [-0.1, -0.05) is 24.1 Å². The van der Waals surface area contributed by atoms with Crippen molar-refractivity contribution in [2.24, 2.45) is 5.92 Å². The molecule has 1 aromatic rings. The van der Waals surface area contributed by atoms with E-state index in [9.17, 15) is 8.42 Å². The minimum Gasteiger partial charge on any atom is -0.207 e. The van der Waals surface area contributed by atoms with E-state index >= 15 is 0 Å². The molecule has 18 heavy (non-hydrogen) atoms. The van der Waals surface area contributed by atoms with E-state index in [0.29, 0.717) is 11.4 Å². The fraction of sp³-hybridized carbons (Fsp3) is 0.417. The summed E-state index contributed by atoms with van der Waals surface area (Å²) < 4.78 is 26.8.